The molecule has 1 fully saturated rings. The van der Waals surface area contributed by atoms with Crippen molar-refractivity contribution in [2.75, 3.05) is 38.2 Å². The molecule has 1 aromatic carbocycles. The minimum absolute atomic E-state index is 0.0247. The fourth-order valence-corrected chi connectivity index (χ4v) is 2.55. The Kier molecular flexibility index (Phi) is 5.21. The topological polar surface area (TPSA) is 54.5 Å². The number of hydrogen-bond donors (Lipinski definition) is 1. The monoisotopic (exact) mass is 311 g/mol. The lowest BCUT2D eigenvalue weighted by Gasteiger charge is -2.26. The predicted molar refractivity (Wildman–Crippen MR) is 89.6 cm³/mol. The Morgan fingerprint density at radius 2 is 1.91 bits per heavy atom. The molecule has 0 aliphatic carbocycles. The first-order valence-corrected chi connectivity index (χ1v) is 7.94. The molecule has 0 radical (unpaired) electrons. The lowest BCUT2D eigenvalue weighted by Crippen LogP contribution is -2.40. The molecule has 2 aromatic rings. The highest BCUT2D eigenvalue weighted by Crippen LogP contribution is 2.10. The second-order valence-electron chi connectivity index (χ2n) is 5.50. The molecule has 120 valence electrons. The number of morpholine rings is 1. The first-order chi connectivity index (χ1) is 11.3. The van der Waals surface area contributed by atoms with Crippen molar-refractivity contribution in [3.8, 4) is 0 Å². The molecule has 1 aliphatic heterocycles. The molecule has 0 spiro atoms. The molecule has 1 saturated heterocycles. The highest BCUT2D eigenvalue weighted by Gasteiger charge is 2.18. The van der Waals surface area contributed by atoms with Crippen molar-refractivity contribution in [2.24, 2.45) is 0 Å². The van der Waals surface area contributed by atoms with E-state index < -0.39 is 0 Å². The van der Waals surface area contributed by atoms with Gasteiger partial charge >= 0.3 is 0 Å². The largest absolute Gasteiger partial charge is 0.378 e. The molecular weight excluding hydrogens is 290 g/mol. The normalized spacial score (nSPS) is 14.5. The van der Waals surface area contributed by atoms with Gasteiger partial charge in [-0.3, -0.25) is 4.79 Å². The first-order valence-electron chi connectivity index (χ1n) is 7.94. The molecule has 3 rings (SSSR count). The van der Waals surface area contributed by atoms with Crippen molar-refractivity contribution < 1.29 is 9.53 Å². The molecule has 23 heavy (non-hydrogen) atoms. The summed E-state index contributed by atoms with van der Waals surface area (Å²) in [5, 5.41) is 3.28. The third-order valence-corrected chi connectivity index (χ3v) is 3.87. The van der Waals surface area contributed by atoms with Crippen LogP contribution in [0.25, 0.3) is 0 Å². The highest BCUT2D eigenvalue weighted by atomic mass is 16.5. The minimum atomic E-state index is 0.0247. The van der Waals surface area contributed by atoms with Gasteiger partial charge in [-0.25, -0.2) is 4.98 Å². The third-order valence-electron chi connectivity index (χ3n) is 3.87. The lowest BCUT2D eigenvalue weighted by atomic mass is 10.1. The van der Waals surface area contributed by atoms with Gasteiger partial charge < -0.3 is 15.0 Å². The van der Waals surface area contributed by atoms with Crippen LogP contribution in [0, 0.1) is 0 Å². The molecule has 0 unspecified atom stereocenters. The van der Waals surface area contributed by atoms with E-state index in [0.29, 0.717) is 31.9 Å². The fourth-order valence-electron chi connectivity index (χ4n) is 2.55. The van der Waals surface area contributed by atoms with Crippen LogP contribution in [-0.4, -0.2) is 48.6 Å². The average molecular weight is 311 g/mol. The fraction of sp³-hybridized carbons (Fsp3) is 0.333. The number of carbonyl (C=O) groups excluding carboxylic acids is 1. The Bertz CT molecular complexity index is 622. The van der Waals surface area contributed by atoms with Gasteiger partial charge in [0.05, 0.1) is 18.8 Å². The molecular formula is C18H21N3O2. The minimum Gasteiger partial charge on any atom is -0.378 e. The predicted octanol–water partition coefficient (Wildman–Crippen LogP) is 2.21. The molecule has 0 atom stereocenters. The van der Waals surface area contributed by atoms with E-state index in [1.165, 1.54) is 5.56 Å². The van der Waals surface area contributed by atoms with Crippen LogP contribution in [0.4, 0.5) is 5.82 Å². The Labute approximate surface area is 136 Å². The number of pyridine rings is 1. The van der Waals surface area contributed by atoms with E-state index in [2.05, 4.69) is 22.4 Å². The molecule has 0 saturated carbocycles. The average Bonchev–Trinajstić information content (AvgIpc) is 2.63. The van der Waals surface area contributed by atoms with E-state index in [4.69, 9.17) is 4.74 Å². The van der Waals surface area contributed by atoms with Crippen LogP contribution in [0.3, 0.4) is 0 Å². The van der Waals surface area contributed by atoms with E-state index in [1.807, 2.05) is 35.2 Å². The summed E-state index contributed by atoms with van der Waals surface area (Å²) in [6.45, 7) is 3.33. The smallest absolute Gasteiger partial charge is 0.255 e. The van der Waals surface area contributed by atoms with Crippen molar-refractivity contribution >= 4 is 11.7 Å². The molecule has 1 aromatic heterocycles. The molecule has 1 N–H and O–H groups in total. The summed E-state index contributed by atoms with van der Waals surface area (Å²) >= 11 is 0. The van der Waals surface area contributed by atoms with Gasteiger partial charge in [0, 0.05) is 25.8 Å². The Balaban J connectivity index is 1.51. The maximum Gasteiger partial charge on any atom is 0.255 e. The van der Waals surface area contributed by atoms with Crippen molar-refractivity contribution in [3.63, 3.8) is 0 Å². The molecule has 1 aliphatic rings. The van der Waals surface area contributed by atoms with Crippen molar-refractivity contribution in [1.29, 1.82) is 0 Å². The maximum absolute atomic E-state index is 12.3. The van der Waals surface area contributed by atoms with Crippen LogP contribution in [0.1, 0.15) is 15.9 Å². The Hall–Kier alpha value is -2.40. The summed E-state index contributed by atoms with van der Waals surface area (Å²) in [7, 11) is 0. The second-order valence-corrected chi connectivity index (χ2v) is 5.50. The van der Waals surface area contributed by atoms with Crippen molar-refractivity contribution in [2.45, 2.75) is 6.42 Å². The number of ether oxygens (including phenoxy) is 1. The zero-order valence-electron chi connectivity index (χ0n) is 13.1. The zero-order chi connectivity index (χ0) is 15.9. The standard InChI is InChI=1S/C18H21N3O2/c22-18(21-10-12-23-13-11-21)16-6-7-17(20-14-16)19-9-8-15-4-2-1-3-5-15/h1-7,14H,8-13H2,(H,19,20). The Morgan fingerprint density at radius 1 is 1.13 bits per heavy atom. The first kappa shape index (κ1) is 15.5. The zero-order valence-corrected chi connectivity index (χ0v) is 13.1. The number of nitrogens with one attached hydrogen (secondary N) is 1. The van der Waals surface area contributed by atoms with E-state index >= 15 is 0 Å². The summed E-state index contributed by atoms with van der Waals surface area (Å²) in [4.78, 5) is 18.5. The van der Waals surface area contributed by atoms with E-state index in [9.17, 15) is 4.79 Å². The number of aromatic nitrogens is 1. The number of rotatable bonds is 5. The van der Waals surface area contributed by atoms with E-state index in [1.54, 1.807) is 6.20 Å². The van der Waals surface area contributed by atoms with Crippen LogP contribution in [0.2, 0.25) is 0 Å². The summed E-state index contributed by atoms with van der Waals surface area (Å²) in [6.07, 6.45) is 2.58. The van der Waals surface area contributed by atoms with Gasteiger partial charge in [0.1, 0.15) is 5.82 Å². The van der Waals surface area contributed by atoms with Crippen molar-refractivity contribution in [3.05, 3.63) is 59.8 Å². The number of benzene rings is 1. The number of carbonyl (C=O) groups is 1. The molecule has 1 amide bonds. The molecule has 5 nitrogen and oxygen atoms in total. The summed E-state index contributed by atoms with van der Waals surface area (Å²) in [5.74, 6) is 0.816. The molecule has 0 bridgehead atoms. The summed E-state index contributed by atoms with van der Waals surface area (Å²) in [6, 6.07) is 14.0. The van der Waals surface area contributed by atoms with Gasteiger partial charge in [0.2, 0.25) is 0 Å². The van der Waals surface area contributed by atoms with E-state index in [-0.39, 0.29) is 5.91 Å². The van der Waals surface area contributed by atoms with Crippen LogP contribution in [0.5, 0.6) is 0 Å². The summed E-state index contributed by atoms with van der Waals surface area (Å²) in [5.41, 5.74) is 1.92. The van der Waals surface area contributed by atoms with Gasteiger partial charge in [0.15, 0.2) is 0 Å². The van der Waals surface area contributed by atoms with Crippen LogP contribution >= 0.6 is 0 Å². The van der Waals surface area contributed by atoms with Gasteiger partial charge in [0.25, 0.3) is 5.91 Å². The number of anilines is 1. The van der Waals surface area contributed by atoms with Gasteiger partial charge in [-0.1, -0.05) is 30.3 Å². The van der Waals surface area contributed by atoms with Gasteiger partial charge in [-0.05, 0) is 24.1 Å². The van der Waals surface area contributed by atoms with Gasteiger partial charge in [-0.15, -0.1) is 0 Å². The highest BCUT2D eigenvalue weighted by molar-refractivity contribution is 5.94. The quantitative estimate of drug-likeness (QED) is 0.920. The molecule has 5 heteroatoms. The van der Waals surface area contributed by atoms with Crippen molar-refractivity contribution in [1.82, 2.24) is 9.88 Å². The van der Waals surface area contributed by atoms with Crippen LogP contribution < -0.4 is 5.32 Å². The summed E-state index contributed by atoms with van der Waals surface area (Å²) < 4.78 is 5.27. The second kappa shape index (κ2) is 7.74. The van der Waals surface area contributed by atoms with E-state index in [0.717, 1.165) is 18.8 Å². The van der Waals surface area contributed by atoms with Crippen LogP contribution in [-0.2, 0) is 11.2 Å². The third kappa shape index (κ3) is 4.29. The maximum atomic E-state index is 12.3. The lowest BCUT2D eigenvalue weighted by molar-refractivity contribution is 0.0302. The van der Waals surface area contributed by atoms with Gasteiger partial charge in [-0.2, -0.15) is 0 Å². The number of hydrogen-bond acceptors (Lipinski definition) is 4. The number of nitrogens with zero attached hydrogens (tertiary/aromatic N) is 2. The number of amides is 1. The molecule has 2 heterocycles. The SMILES string of the molecule is O=C(c1ccc(NCCc2ccccc2)nc1)N1CCOCC1. The Morgan fingerprint density at radius 3 is 2.61 bits per heavy atom. The van der Waals surface area contributed by atoms with Crippen LogP contribution in [0.15, 0.2) is 48.7 Å².